The highest BCUT2D eigenvalue weighted by Crippen LogP contribution is 2.20. The van der Waals surface area contributed by atoms with Gasteiger partial charge in [-0.25, -0.2) is 8.42 Å². The quantitative estimate of drug-likeness (QED) is 0.541. The number of nitrogens with zero attached hydrogens (tertiary/aromatic N) is 1. The van der Waals surface area contributed by atoms with Crippen molar-refractivity contribution in [1.29, 1.82) is 0 Å². The Morgan fingerprint density at radius 2 is 1.79 bits per heavy atom. The average molecular weight is 355 g/mol. The van der Waals surface area contributed by atoms with Gasteiger partial charge in [-0.3, -0.25) is 20.3 Å². The first-order chi connectivity index (χ1) is 11.2. The second-order valence-corrected chi connectivity index (χ2v) is 6.16. The van der Waals surface area contributed by atoms with E-state index in [2.05, 4.69) is 0 Å². The van der Waals surface area contributed by atoms with E-state index in [-0.39, 0.29) is 11.3 Å². The zero-order valence-corrected chi connectivity index (χ0v) is 12.6. The third kappa shape index (κ3) is 3.83. The van der Waals surface area contributed by atoms with Gasteiger partial charge in [0.05, 0.1) is 9.82 Å². The molecule has 11 heteroatoms. The Morgan fingerprint density at radius 3 is 2.33 bits per heavy atom. The number of hydrogen-bond donors (Lipinski definition) is 3. The van der Waals surface area contributed by atoms with Gasteiger partial charge < -0.3 is 5.11 Å². The lowest BCUT2D eigenvalue weighted by atomic mass is 10.2. The molecule has 0 unspecified atom stereocenters. The molecule has 24 heavy (non-hydrogen) atoms. The molecule has 0 fully saturated rings. The van der Waals surface area contributed by atoms with E-state index in [0.29, 0.717) is 12.1 Å². The first kappa shape index (κ1) is 17.3. The molecule has 0 aliphatic heterocycles. The van der Waals surface area contributed by atoms with Crippen molar-refractivity contribution in [2.24, 2.45) is 0 Å². The van der Waals surface area contributed by atoms with Gasteiger partial charge in [-0.1, -0.05) is 0 Å². The Bertz CT molecular complexity index is 898. The van der Waals surface area contributed by atoms with E-state index in [0.717, 1.165) is 6.07 Å². The average Bonchev–Trinajstić information content (AvgIpc) is 2.53. The Hall–Kier alpha value is -3.05. The van der Waals surface area contributed by atoms with Crippen LogP contribution in [0.3, 0.4) is 0 Å². The smallest absolute Gasteiger partial charge is 0.304 e. The molecule has 0 saturated carbocycles. The normalized spacial score (nSPS) is 11.0. The van der Waals surface area contributed by atoms with E-state index in [1.54, 1.807) is 4.83 Å². The van der Waals surface area contributed by atoms with E-state index >= 15 is 0 Å². The van der Waals surface area contributed by atoms with Crippen molar-refractivity contribution in [2.45, 2.75) is 4.90 Å². The number of halogens is 1. The Labute approximate surface area is 134 Å². The molecule has 0 bridgehead atoms. The van der Waals surface area contributed by atoms with Crippen LogP contribution in [0.5, 0.6) is 5.75 Å². The van der Waals surface area contributed by atoms with Gasteiger partial charge in [0.1, 0.15) is 5.75 Å². The molecule has 3 N–H and O–H groups in total. The molecule has 0 saturated heterocycles. The van der Waals surface area contributed by atoms with Crippen LogP contribution in [0.25, 0.3) is 0 Å². The van der Waals surface area contributed by atoms with Crippen LogP contribution in [-0.2, 0) is 10.0 Å². The SMILES string of the molecule is O=C(NNS(=O)(=O)c1ccc([N+](=O)[O-])c(F)c1)c1ccc(O)cc1. The molecule has 0 aromatic heterocycles. The molecule has 0 atom stereocenters. The fourth-order valence-corrected chi connectivity index (χ4v) is 2.51. The standard InChI is InChI=1S/C13H10FN3O6S/c14-11-7-10(5-6-12(11)17(20)21)24(22,23)16-15-13(19)8-1-3-9(18)4-2-8/h1-7,16,18H,(H,15,19). The fraction of sp³-hybridized carbons (Fsp3) is 0. The summed E-state index contributed by atoms with van der Waals surface area (Å²) in [5.41, 5.74) is 1.09. The maximum absolute atomic E-state index is 13.5. The van der Waals surface area contributed by atoms with Crippen LogP contribution >= 0.6 is 0 Å². The van der Waals surface area contributed by atoms with Crippen LogP contribution in [0.1, 0.15) is 10.4 Å². The van der Waals surface area contributed by atoms with E-state index in [4.69, 9.17) is 5.11 Å². The number of phenolic OH excluding ortho intramolecular Hbond substituents is 1. The first-order valence-electron chi connectivity index (χ1n) is 6.26. The van der Waals surface area contributed by atoms with Gasteiger partial charge >= 0.3 is 5.69 Å². The van der Waals surface area contributed by atoms with Gasteiger partial charge in [0.2, 0.25) is 5.82 Å². The summed E-state index contributed by atoms with van der Waals surface area (Å²) >= 11 is 0. The molecule has 126 valence electrons. The van der Waals surface area contributed by atoms with Crippen LogP contribution in [-0.4, -0.2) is 24.4 Å². The number of amides is 1. The van der Waals surface area contributed by atoms with Crippen LogP contribution in [0.4, 0.5) is 10.1 Å². The minimum absolute atomic E-state index is 0.0605. The molecule has 9 nitrogen and oxygen atoms in total. The predicted molar refractivity (Wildman–Crippen MR) is 78.9 cm³/mol. The zero-order valence-electron chi connectivity index (χ0n) is 11.8. The summed E-state index contributed by atoms with van der Waals surface area (Å²) in [6.45, 7) is 0. The van der Waals surface area contributed by atoms with E-state index in [9.17, 15) is 27.7 Å². The van der Waals surface area contributed by atoms with Crippen molar-refractivity contribution >= 4 is 21.6 Å². The lowest BCUT2D eigenvalue weighted by molar-refractivity contribution is -0.387. The molecule has 0 radical (unpaired) electrons. The summed E-state index contributed by atoms with van der Waals surface area (Å²) in [7, 11) is -4.33. The van der Waals surface area contributed by atoms with Gasteiger partial charge in [0, 0.05) is 17.7 Å². The van der Waals surface area contributed by atoms with Crippen molar-refractivity contribution in [3.05, 3.63) is 64.0 Å². The summed E-state index contributed by atoms with van der Waals surface area (Å²) in [5, 5.41) is 19.6. The molecular weight excluding hydrogens is 345 g/mol. The fourth-order valence-electron chi connectivity index (χ4n) is 1.66. The van der Waals surface area contributed by atoms with Gasteiger partial charge in [-0.15, -0.1) is 4.83 Å². The van der Waals surface area contributed by atoms with Crippen molar-refractivity contribution in [3.63, 3.8) is 0 Å². The number of carbonyl (C=O) groups excluding carboxylic acids is 1. The maximum Gasteiger partial charge on any atom is 0.304 e. The van der Waals surface area contributed by atoms with Gasteiger partial charge in [-0.05, 0) is 30.3 Å². The largest absolute Gasteiger partial charge is 0.508 e. The van der Waals surface area contributed by atoms with Crippen molar-refractivity contribution < 1.29 is 27.6 Å². The Balaban J connectivity index is 2.14. The second kappa shape index (κ2) is 6.60. The number of phenols is 1. The number of hydrazine groups is 1. The van der Waals surface area contributed by atoms with Crippen molar-refractivity contribution in [3.8, 4) is 5.75 Å². The Morgan fingerprint density at radius 1 is 1.17 bits per heavy atom. The highest BCUT2D eigenvalue weighted by Gasteiger charge is 2.21. The molecule has 0 aliphatic rings. The predicted octanol–water partition coefficient (Wildman–Crippen LogP) is 1.06. The number of nitro groups is 1. The monoisotopic (exact) mass is 355 g/mol. The van der Waals surface area contributed by atoms with E-state index < -0.39 is 37.3 Å². The number of hydrogen-bond acceptors (Lipinski definition) is 6. The Kier molecular flexibility index (Phi) is 4.76. The number of nitrogens with one attached hydrogen (secondary N) is 2. The molecular formula is C13H10FN3O6S. The third-order valence-corrected chi connectivity index (χ3v) is 4.10. The minimum atomic E-state index is -4.33. The highest BCUT2D eigenvalue weighted by atomic mass is 32.2. The summed E-state index contributed by atoms with van der Waals surface area (Å²) in [6, 6.07) is 6.97. The molecule has 2 aromatic rings. The van der Waals surface area contributed by atoms with E-state index in [1.165, 1.54) is 24.3 Å². The molecule has 0 spiro atoms. The molecule has 2 rings (SSSR count). The summed E-state index contributed by atoms with van der Waals surface area (Å²) in [6.07, 6.45) is 0. The number of carbonyl (C=O) groups is 1. The molecule has 0 heterocycles. The first-order valence-corrected chi connectivity index (χ1v) is 7.74. The lowest BCUT2D eigenvalue weighted by Gasteiger charge is -2.08. The van der Waals surface area contributed by atoms with Gasteiger partial charge in [-0.2, -0.15) is 4.39 Å². The molecule has 1 amide bonds. The topological polar surface area (TPSA) is 139 Å². The summed E-state index contributed by atoms with van der Waals surface area (Å²) in [4.78, 5) is 22.4. The van der Waals surface area contributed by atoms with Crippen LogP contribution < -0.4 is 10.3 Å². The maximum atomic E-state index is 13.5. The molecule has 0 aliphatic carbocycles. The highest BCUT2D eigenvalue weighted by molar-refractivity contribution is 7.89. The molecule has 2 aromatic carbocycles. The minimum Gasteiger partial charge on any atom is -0.508 e. The van der Waals surface area contributed by atoms with Crippen molar-refractivity contribution in [1.82, 2.24) is 10.3 Å². The summed E-state index contributed by atoms with van der Waals surface area (Å²) in [5.74, 6) is -2.22. The van der Waals surface area contributed by atoms with Crippen LogP contribution in [0.15, 0.2) is 47.4 Å². The number of rotatable bonds is 5. The summed E-state index contributed by atoms with van der Waals surface area (Å²) < 4.78 is 37.4. The second-order valence-electron chi connectivity index (χ2n) is 4.48. The lowest BCUT2D eigenvalue weighted by Crippen LogP contribution is -2.41. The van der Waals surface area contributed by atoms with Gasteiger partial charge in [0.15, 0.2) is 0 Å². The third-order valence-electron chi connectivity index (χ3n) is 2.85. The number of nitro benzene ring substituents is 1. The zero-order chi connectivity index (χ0) is 17.9. The van der Waals surface area contributed by atoms with Crippen LogP contribution in [0.2, 0.25) is 0 Å². The van der Waals surface area contributed by atoms with E-state index in [1.807, 2.05) is 5.43 Å². The van der Waals surface area contributed by atoms with Crippen LogP contribution in [0, 0.1) is 15.9 Å². The number of sulfonamides is 1. The van der Waals surface area contributed by atoms with Gasteiger partial charge in [0.25, 0.3) is 15.9 Å². The number of aromatic hydroxyl groups is 1. The van der Waals surface area contributed by atoms with Crippen molar-refractivity contribution in [2.75, 3.05) is 0 Å². The number of benzene rings is 2.